The van der Waals surface area contributed by atoms with Crippen molar-refractivity contribution in [3.8, 4) is 0 Å². The Morgan fingerprint density at radius 3 is 2.24 bits per heavy atom. The van der Waals surface area contributed by atoms with E-state index in [1.165, 1.54) is 6.07 Å². The molecule has 3 aliphatic rings. The van der Waals surface area contributed by atoms with E-state index < -0.39 is 53.8 Å². The molecule has 2 amide bonds. The first-order chi connectivity index (χ1) is 18.2. The second-order valence-electron chi connectivity index (χ2n) is 10.3. The number of ether oxygens (including phenoxy) is 1. The lowest BCUT2D eigenvalue weighted by Gasteiger charge is -2.40. The summed E-state index contributed by atoms with van der Waals surface area (Å²) in [6, 6.07) is 4.84. The number of fused-ring (bicyclic) bond motifs is 12. The van der Waals surface area contributed by atoms with E-state index in [2.05, 4.69) is 5.32 Å². The number of aromatic nitrogens is 2. The van der Waals surface area contributed by atoms with Gasteiger partial charge in [-0.3, -0.25) is 14.9 Å². The van der Waals surface area contributed by atoms with Crippen LogP contribution in [0.1, 0.15) is 38.9 Å². The Morgan fingerprint density at radius 2 is 1.50 bits per heavy atom. The first-order valence-electron chi connectivity index (χ1n) is 12.1. The molecule has 0 spiro atoms. The number of hydrogen-bond acceptors (Lipinski definition) is 5. The zero-order valence-electron chi connectivity index (χ0n) is 19.7. The van der Waals surface area contributed by atoms with Crippen LogP contribution in [0.4, 0.5) is 13.2 Å². The molecule has 0 saturated carbocycles. The molecule has 5 heterocycles. The Kier molecular flexibility index (Phi) is 4.03. The number of rotatable bonds is 0. The number of carbonyl (C=O) groups excluding carboxylic acids is 2. The third-order valence-corrected chi connectivity index (χ3v) is 8.22. The number of carbonyl (C=O) groups is 2. The molecule has 38 heavy (non-hydrogen) atoms. The molecule has 1 saturated heterocycles. The van der Waals surface area contributed by atoms with Crippen LogP contribution in [0.15, 0.2) is 24.3 Å². The highest BCUT2D eigenvalue weighted by Crippen LogP contribution is 2.49. The number of imide groups is 1. The van der Waals surface area contributed by atoms with Crippen molar-refractivity contribution in [2.75, 3.05) is 0 Å². The summed E-state index contributed by atoms with van der Waals surface area (Å²) in [5.41, 5.74) is 1.70. The molecule has 0 aliphatic carbocycles. The van der Waals surface area contributed by atoms with Gasteiger partial charge in [0.1, 0.15) is 18.0 Å². The minimum absolute atomic E-state index is 0.00394. The zero-order chi connectivity index (χ0) is 26.4. The molecule has 11 heteroatoms. The predicted octanol–water partition coefficient (Wildman–Crippen LogP) is 3.53. The normalized spacial score (nSPS) is 24.6. The highest BCUT2D eigenvalue weighted by Gasteiger charge is 2.44. The Balaban J connectivity index is 1.74. The number of halogens is 3. The molecule has 4 unspecified atom stereocenters. The average molecular weight is 521 g/mol. The van der Waals surface area contributed by atoms with E-state index in [1.54, 1.807) is 22.1 Å². The van der Waals surface area contributed by atoms with Crippen LogP contribution in [-0.4, -0.2) is 49.5 Å². The summed E-state index contributed by atoms with van der Waals surface area (Å²) in [4.78, 5) is 26.4. The second-order valence-corrected chi connectivity index (χ2v) is 10.3. The van der Waals surface area contributed by atoms with E-state index in [-0.39, 0.29) is 45.8 Å². The van der Waals surface area contributed by atoms with Gasteiger partial charge in [0.2, 0.25) is 0 Å². The number of nitrogens with zero attached hydrogens (tertiary/aromatic N) is 2. The summed E-state index contributed by atoms with van der Waals surface area (Å²) in [7, 11) is 0. The molecule has 0 radical (unpaired) electrons. The number of nitrogens with one attached hydrogen (secondary N) is 1. The Morgan fingerprint density at radius 1 is 0.868 bits per heavy atom. The number of aliphatic hydroxyl groups excluding tert-OH is 2. The van der Waals surface area contributed by atoms with Gasteiger partial charge in [-0.15, -0.1) is 0 Å². The summed E-state index contributed by atoms with van der Waals surface area (Å²) < 4.78 is 53.6. The molecule has 192 valence electrons. The maximum atomic E-state index is 15.0. The minimum atomic E-state index is -1.16. The fourth-order valence-electron chi connectivity index (χ4n) is 6.60. The van der Waals surface area contributed by atoms with Gasteiger partial charge in [-0.2, -0.15) is 0 Å². The topological polar surface area (TPSA) is 106 Å². The van der Waals surface area contributed by atoms with Crippen molar-refractivity contribution in [1.29, 1.82) is 0 Å². The zero-order valence-corrected chi connectivity index (χ0v) is 19.7. The van der Waals surface area contributed by atoms with E-state index in [1.807, 2.05) is 0 Å². The fourth-order valence-corrected chi connectivity index (χ4v) is 6.60. The molecule has 3 aliphatic heterocycles. The summed E-state index contributed by atoms with van der Waals surface area (Å²) >= 11 is 0. The van der Waals surface area contributed by atoms with Crippen LogP contribution in [0.25, 0.3) is 43.6 Å². The van der Waals surface area contributed by atoms with Crippen molar-refractivity contribution in [3.63, 3.8) is 0 Å². The summed E-state index contributed by atoms with van der Waals surface area (Å²) in [5, 5.41) is 25.2. The molecular weight excluding hydrogens is 503 g/mol. The standard InChI is InChI=1S/C27H18F3N3O5/c1-8-2-15-10(3-11(8)28)20-22-21(25(36)31-26(22)37)19-9-4-12(29)13(30)5-14(9)32-7-18-16(34)6-17(35)27(38-18)33(15)24(20)23(19)32/h2-5,16-18,27,34-35H,6-7H2,1H3,(H,31,36,37). The van der Waals surface area contributed by atoms with Crippen LogP contribution in [0.5, 0.6) is 0 Å². The first-order valence-corrected chi connectivity index (χ1v) is 12.1. The Labute approximate surface area is 210 Å². The van der Waals surface area contributed by atoms with Crippen molar-refractivity contribution < 1.29 is 37.7 Å². The maximum absolute atomic E-state index is 15.0. The van der Waals surface area contributed by atoms with Crippen LogP contribution in [0.3, 0.4) is 0 Å². The number of benzene rings is 3. The predicted molar refractivity (Wildman–Crippen MR) is 129 cm³/mol. The lowest BCUT2D eigenvalue weighted by atomic mass is 9.96. The van der Waals surface area contributed by atoms with Crippen molar-refractivity contribution in [1.82, 2.24) is 14.5 Å². The van der Waals surface area contributed by atoms with Gasteiger partial charge in [0.15, 0.2) is 17.9 Å². The second kappa shape index (κ2) is 6.93. The number of aryl methyl sites for hydroxylation is 1. The minimum Gasteiger partial charge on any atom is -0.390 e. The van der Waals surface area contributed by atoms with Gasteiger partial charge >= 0.3 is 0 Å². The summed E-state index contributed by atoms with van der Waals surface area (Å²) in [6.45, 7) is 1.57. The highest BCUT2D eigenvalue weighted by molar-refractivity contribution is 6.39. The molecule has 8 rings (SSSR count). The molecule has 3 N–H and O–H groups in total. The lowest BCUT2D eigenvalue weighted by molar-refractivity contribution is -0.198. The molecule has 2 aromatic heterocycles. The van der Waals surface area contributed by atoms with E-state index in [4.69, 9.17) is 4.74 Å². The molecule has 4 atom stereocenters. The molecule has 5 aromatic rings. The molecule has 3 aromatic carbocycles. The molecule has 2 bridgehead atoms. The third kappa shape index (κ3) is 2.46. The first kappa shape index (κ1) is 22.1. The van der Waals surface area contributed by atoms with Gasteiger partial charge < -0.3 is 24.1 Å². The van der Waals surface area contributed by atoms with Crippen LogP contribution in [0, 0.1) is 24.4 Å². The number of aliphatic hydroxyl groups is 2. The summed E-state index contributed by atoms with van der Waals surface area (Å²) in [5.74, 6) is -4.18. The maximum Gasteiger partial charge on any atom is 0.259 e. The lowest BCUT2D eigenvalue weighted by Crippen LogP contribution is -2.47. The molecular formula is C27H18F3N3O5. The van der Waals surface area contributed by atoms with Crippen molar-refractivity contribution in [2.24, 2.45) is 0 Å². The summed E-state index contributed by atoms with van der Waals surface area (Å²) in [6.07, 6.45) is -4.12. The highest BCUT2D eigenvalue weighted by atomic mass is 19.2. The van der Waals surface area contributed by atoms with E-state index in [0.29, 0.717) is 27.5 Å². The van der Waals surface area contributed by atoms with Crippen molar-refractivity contribution in [3.05, 3.63) is 58.4 Å². The molecule has 8 nitrogen and oxygen atoms in total. The van der Waals surface area contributed by atoms with Gasteiger partial charge in [0, 0.05) is 34.0 Å². The van der Waals surface area contributed by atoms with Crippen molar-refractivity contribution in [2.45, 2.75) is 44.4 Å². The van der Waals surface area contributed by atoms with Gasteiger partial charge in [-0.25, -0.2) is 13.2 Å². The Bertz CT molecular complexity index is 1980. The quantitative estimate of drug-likeness (QED) is 0.271. The SMILES string of the molecule is Cc1cc2c(cc1F)c1c3c(c4c5cc(F)c(F)cc5n5c4c1n2C1OC(C5)C(O)CC1O)C(=O)NC3=O. The van der Waals surface area contributed by atoms with Gasteiger partial charge in [-0.1, -0.05) is 0 Å². The number of hydrogen-bond donors (Lipinski definition) is 3. The smallest absolute Gasteiger partial charge is 0.259 e. The van der Waals surface area contributed by atoms with Gasteiger partial charge in [0.25, 0.3) is 11.8 Å². The van der Waals surface area contributed by atoms with Gasteiger partial charge in [-0.05, 0) is 30.7 Å². The third-order valence-electron chi connectivity index (χ3n) is 8.22. The van der Waals surface area contributed by atoms with E-state index in [0.717, 1.165) is 12.1 Å². The number of amides is 2. The fraction of sp³-hybridized carbons (Fsp3) is 0.259. The average Bonchev–Trinajstić information content (AvgIpc) is 3.42. The molecule has 1 fully saturated rings. The van der Waals surface area contributed by atoms with Crippen LogP contribution < -0.4 is 5.32 Å². The van der Waals surface area contributed by atoms with Crippen LogP contribution in [0.2, 0.25) is 0 Å². The monoisotopic (exact) mass is 521 g/mol. The van der Waals surface area contributed by atoms with Crippen LogP contribution >= 0.6 is 0 Å². The van der Waals surface area contributed by atoms with Crippen molar-refractivity contribution >= 4 is 55.4 Å². The Hall–Kier alpha value is -3.93. The van der Waals surface area contributed by atoms with Gasteiger partial charge in [0.05, 0.1) is 45.8 Å². The largest absolute Gasteiger partial charge is 0.390 e. The van der Waals surface area contributed by atoms with E-state index >= 15 is 0 Å². The van der Waals surface area contributed by atoms with Crippen LogP contribution in [-0.2, 0) is 11.3 Å². The van der Waals surface area contributed by atoms with E-state index in [9.17, 15) is 33.0 Å².